The average molecular weight is 838 g/mol. The summed E-state index contributed by atoms with van der Waals surface area (Å²) < 4.78 is 35.3. The number of rotatable bonds is 11. The van der Waals surface area contributed by atoms with Gasteiger partial charge in [-0.05, 0) is 62.3 Å². The van der Waals surface area contributed by atoms with Gasteiger partial charge in [-0.15, -0.1) is 6.58 Å². The number of carbonyl (C=O) groups is 4. The number of ether oxygens (including phenoxy) is 1. The van der Waals surface area contributed by atoms with E-state index >= 15 is 0 Å². The number of aromatic nitrogens is 3. The molecule has 0 spiro atoms. The van der Waals surface area contributed by atoms with Crippen molar-refractivity contribution >= 4 is 33.8 Å². The first-order valence-electron chi connectivity index (χ1n) is 19.6. The zero-order valence-electron chi connectivity index (χ0n) is 34.8. The first-order chi connectivity index (χ1) is 28.1. The van der Waals surface area contributed by atoms with E-state index in [1.807, 2.05) is 60.7 Å². The number of pyridine rings is 1. The molecular weight excluding hydrogens is 787 g/mol. The normalized spacial score (nSPS) is 20.7. The standard InChI is InChI=1S/C44H51N7O8S/c1-9-30-23-44(30,40(55)49-60(57,58)34-21-20-27(2)24-45-34)48-37(52)33-22-31(26-50(33)39(54)36(42(3,4)5)47-41(56)59-43(6,7)8)51-38(53)35(29-18-14-11-15-19-29)32(25-46-51)28-16-12-10-13-17-28/h9-21,24-25,30-31,33,36H,1,22-23,26H2,2-8H3,(H,47,56)(H,48,52)(H,49,55)/t30-,31-,33+,36-,44-/m1/s1. The third-order valence-electron chi connectivity index (χ3n) is 10.6. The number of alkyl carbamates (subject to hydrolysis) is 1. The van der Waals surface area contributed by atoms with Crippen LogP contribution in [0.5, 0.6) is 0 Å². The topological polar surface area (TPSA) is 199 Å². The number of likely N-dealkylation sites (tertiary alicyclic amines) is 1. The molecule has 5 atom stereocenters. The lowest BCUT2D eigenvalue weighted by Crippen LogP contribution is -2.60. The average Bonchev–Trinajstić information content (AvgIpc) is 3.72. The van der Waals surface area contributed by atoms with Crippen molar-refractivity contribution in [2.75, 3.05) is 6.54 Å². The van der Waals surface area contributed by atoms with Gasteiger partial charge in [-0.1, -0.05) is 93.6 Å². The fourth-order valence-electron chi connectivity index (χ4n) is 7.39. The smallest absolute Gasteiger partial charge is 0.408 e. The second-order valence-corrected chi connectivity index (χ2v) is 19.0. The van der Waals surface area contributed by atoms with Crippen LogP contribution in [0.1, 0.15) is 66.0 Å². The Kier molecular flexibility index (Phi) is 11.9. The summed E-state index contributed by atoms with van der Waals surface area (Å²) in [7, 11) is -4.44. The molecule has 2 fully saturated rings. The molecule has 3 heterocycles. The van der Waals surface area contributed by atoms with E-state index in [-0.39, 0.29) is 24.4 Å². The van der Waals surface area contributed by atoms with Crippen LogP contribution >= 0.6 is 0 Å². The van der Waals surface area contributed by atoms with Gasteiger partial charge in [0, 0.05) is 30.6 Å². The van der Waals surface area contributed by atoms with Crippen molar-refractivity contribution in [1.82, 2.24) is 35.0 Å². The van der Waals surface area contributed by atoms with Crippen molar-refractivity contribution in [3.05, 3.63) is 114 Å². The second-order valence-electron chi connectivity index (χ2n) is 17.4. The molecule has 15 nitrogen and oxygen atoms in total. The Morgan fingerprint density at radius 3 is 2.12 bits per heavy atom. The molecule has 1 saturated heterocycles. The first kappa shape index (κ1) is 43.4. The number of sulfonamides is 1. The van der Waals surface area contributed by atoms with Gasteiger partial charge in [0.1, 0.15) is 23.2 Å². The van der Waals surface area contributed by atoms with Gasteiger partial charge in [0.15, 0.2) is 5.03 Å². The Hall–Kier alpha value is -6.16. The van der Waals surface area contributed by atoms with Crippen LogP contribution < -0.4 is 20.9 Å². The maximum absolute atomic E-state index is 14.8. The third-order valence-corrected chi connectivity index (χ3v) is 11.8. The van der Waals surface area contributed by atoms with Gasteiger partial charge in [0.2, 0.25) is 11.8 Å². The van der Waals surface area contributed by atoms with E-state index in [1.54, 1.807) is 54.7 Å². The molecule has 60 heavy (non-hydrogen) atoms. The van der Waals surface area contributed by atoms with Crippen LogP contribution in [0.15, 0.2) is 108 Å². The number of nitrogens with zero attached hydrogens (tertiary/aromatic N) is 4. The summed E-state index contributed by atoms with van der Waals surface area (Å²) in [5.74, 6) is -3.07. The highest BCUT2D eigenvalue weighted by molar-refractivity contribution is 7.90. The molecule has 2 aliphatic rings. The molecule has 1 saturated carbocycles. The zero-order chi connectivity index (χ0) is 43.8. The van der Waals surface area contributed by atoms with E-state index in [0.717, 1.165) is 5.56 Å². The van der Waals surface area contributed by atoms with Gasteiger partial charge in [-0.3, -0.25) is 19.2 Å². The lowest BCUT2D eigenvalue weighted by Gasteiger charge is -2.36. The molecule has 1 aliphatic carbocycles. The number of hydrogen-bond acceptors (Lipinski definition) is 10. The first-order valence-corrected chi connectivity index (χ1v) is 21.1. The summed E-state index contributed by atoms with van der Waals surface area (Å²) in [6.07, 6.45) is 3.45. The van der Waals surface area contributed by atoms with Crippen LogP contribution in [-0.4, -0.2) is 81.7 Å². The van der Waals surface area contributed by atoms with Crippen molar-refractivity contribution in [3.63, 3.8) is 0 Å². The quantitative estimate of drug-likeness (QED) is 0.174. The molecular formula is C44H51N7O8S. The van der Waals surface area contributed by atoms with Crippen LogP contribution in [0, 0.1) is 18.3 Å². The summed E-state index contributed by atoms with van der Waals surface area (Å²) in [5, 5.41) is 9.67. The number of benzene rings is 2. The highest BCUT2D eigenvalue weighted by atomic mass is 32.2. The van der Waals surface area contributed by atoms with Gasteiger partial charge >= 0.3 is 6.09 Å². The monoisotopic (exact) mass is 837 g/mol. The summed E-state index contributed by atoms with van der Waals surface area (Å²) >= 11 is 0. The highest BCUT2D eigenvalue weighted by Gasteiger charge is 2.61. The van der Waals surface area contributed by atoms with Crippen LogP contribution in [0.2, 0.25) is 0 Å². The number of nitrogens with one attached hydrogen (secondary N) is 3. The van der Waals surface area contributed by atoms with Crippen LogP contribution in [0.4, 0.5) is 4.79 Å². The zero-order valence-corrected chi connectivity index (χ0v) is 35.6. The SMILES string of the molecule is C=C[C@@H]1C[C@]1(NC(=O)[C@@H]1C[C@@H](n2ncc(-c3ccccc3)c(-c3ccccc3)c2=O)CN1C(=O)[C@@H](NC(=O)OC(C)(C)C)C(C)(C)C)C(=O)NS(=O)(=O)c1ccc(C)cn1. The summed E-state index contributed by atoms with van der Waals surface area (Å²) in [4.78, 5) is 76.3. The Labute approximate surface area is 349 Å². The summed E-state index contributed by atoms with van der Waals surface area (Å²) in [6.45, 7) is 15.6. The second kappa shape index (κ2) is 16.5. The number of carbonyl (C=O) groups excluding carboxylic acids is 4. The molecule has 3 N–H and O–H groups in total. The lowest BCUT2D eigenvalue weighted by molar-refractivity contribution is -0.143. The maximum Gasteiger partial charge on any atom is 0.408 e. The molecule has 0 bridgehead atoms. The van der Waals surface area contributed by atoms with Gasteiger partial charge in [0.05, 0.1) is 17.8 Å². The molecule has 16 heteroatoms. The fraction of sp³-hybridized carbons (Fsp3) is 0.386. The molecule has 0 unspecified atom stereocenters. The van der Waals surface area contributed by atoms with E-state index in [4.69, 9.17) is 4.74 Å². The van der Waals surface area contributed by atoms with Crippen LogP contribution in [0.25, 0.3) is 22.3 Å². The minimum absolute atomic E-state index is 0.0300. The Balaban J connectivity index is 1.39. The molecule has 1 aliphatic heterocycles. The molecule has 2 aromatic carbocycles. The number of amides is 4. The number of hydrogen-bond donors (Lipinski definition) is 3. The number of aryl methyl sites for hydroxylation is 1. The van der Waals surface area contributed by atoms with Crippen molar-refractivity contribution in [1.29, 1.82) is 0 Å². The van der Waals surface area contributed by atoms with E-state index in [1.165, 1.54) is 34.0 Å². The predicted octanol–water partition coefficient (Wildman–Crippen LogP) is 4.93. The summed E-state index contributed by atoms with van der Waals surface area (Å²) in [5.41, 5.74) is -0.893. The molecule has 4 aromatic rings. The highest BCUT2D eigenvalue weighted by Crippen LogP contribution is 2.45. The van der Waals surface area contributed by atoms with Gasteiger partial charge in [-0.2, -0.15) is 13.5 Å². The molecule has 2 aromatic heterocycles. The van der Waals surface area contributed by atoms with E-state index in [2.05, 4.69) is 32.0 Å². The largest absolute Gasteiger partial charge is 0.444 e. The lowest BCUT2D eigenvalue weighted by atomic mass is 9.85. The maximum atomic E-state index is 14.8. The third kappa shape index (κ3) is 9.18. The Morgan fingerprint density at radius 2 is 1.57 bits per heavy atom. The van der Waals surface area contributed by atoms with E-state index in [9.17, 15) is 32.4 Å². The van der Waals surface area contributed by atoms with Crippen LogP contribution in [0.3, 0.4) is 0 Å². The predicted molar refractivity (Wildman–Crippen MR) is 225 cm³/mol. The Morgan fingerprint density at radius 1 is 0.933 bits per heavy atom. The molecule has 0 radical (unpaired) electrons. The minimum atomic E-state index is -4.44. The van der Waals surface area contributed by atoms with Gasteiger partial charge in [0.25, 0.3) is 21.5 Å². The van der Waals surface area contributed by atoms with Crippen LogP contribution in [-0.2, 0) is 29.1 Å². The molecule has 316 valence electrons. The Bertz CT molecular complexity index is 2460. The van der Waals surface area contributed by atoms with E-state index in [0.29, 0.717) is 22.3 Å². The minimum Gasteiger partial charge on any atom is -0.444 e. The molecule has 6 rings (SSSR count). The molecule has 4 amide bonds. The van der Waals surface area contributed by atoms with Crippen molar-refractivity contribution in [2.24, 2.45) is 11.3 Å². The fourth-order valence-corrected chi connectivity index (χ4v) is 8.36. The summed E-state index contributed by atoms with van der Waals surface area (Å²) in [6, 6.07) is 17.9. The van der Waals surface area contributed by atoms with Crippen molar-refractivity contribution < 1.29 is 32.3 Å². The van der Waals surface area contributed by atoms with Crippen molar-refractivity contribution in [2.45, 2.75) is 95.6 Å². The van der Waals surface area contributed by atoms with E-state index < -0.39 is 80.0 Å². The van der Waals surface area contributed by atoms with Crippen molar-refractivity contribution in [3.8, 4) is 22.3 Å². The van der Waals surface area contributed by atoms with Gasteiger partial charge < -0.3 is 20.3 Å². The van der Waals surface area contributed by atoms with Gasteiger partial charge in [-0.25, -0.2) is 19.2 Å².